The van der Waals surface area contributed by atoms with Crippen LogP contribution in [0.25, 0.3) is 0 Å². The quantitative estimate of drug-likeness (QED) is 0.740. The highest BCUT2D eigenvalue weighted by Gasteiger charge is 2.05. The molecule has 16 heavy (non-hydrogen) atoms. The van der Waals surface area contributed by atoms with Gasteiger partial charge in [0.15, 0.2) is 0 Å². The van der Waals surface area contributed by atoms with Crippen molar-refractivity contribution < 1.29 is 19.4 Å². The van der Waals surface area contributed by atoms with Gasteiger partial charge in [0, 0.05) is 5.69 Å². The predicted molar refractivity (Wildman–Crippen MR) is 58.1 cm³/mol. The molecule has 0 fully saturated rings. The lowest BCUT2D eigenvalue weighted by atomic mass is 10.2. The Bertz CT molecular complexity index is 372. The second-order valence-electron chi connectivity index (χ2n) is 3.09. The summed E-state index contributed by atoms with van der Waals surface area (Å²) in [5.41, 5.74) is 0.994. The van der Waals surface area contributed by atoms with E-state index in [1.54, 1.807) is 24.3 Å². The minimum absolute atomic E-state index is 0.0543. The summed E-state index contributed by atoms with van der Waals surface area (Å²) in [6, 6.07) is 6.31. The van der Waals surface area contributed by atoms with Crippen molar-refractivity contribution in [1.29, 1.82) is 0 Å². The molecule has 1 rings (SSSR count). The number of benzene rings is 1. The fraction of sp³-hybridized carbons (Fsp3) is 0.273. The van der Waals surface area contributed by atoms with E-state index in [2.05, 4.69) is 10.1 Å². The van der Waals surface area contributed by atoms with Gasteiger partial charge in [-0.05, 0) is 24.3 Å². The molecule has 1 amide bonds. The monoisotopic (exact) mass is 223 g/mol. The van der Waals surface area contributed by atoms with Crippen LogP contribution < -0.4 is 5.32 Å². The highest BCUT2D eigenvalue weighted by Crippen LogP contribution is 2.10. The van der Waals surface area contributed by atoms with Crippen molar-refractivity contribution in [1.82, 2.24) is 0 Å². The molecule has 0 bridgehead atoms. The number of rotatable bonds is 4. The van der Waals surface area contributed by atoms with Crippen LogP contribution in [0.2, 0.25) is 0 Å². The van der Waals surface area contributed by atoms with E-state index in [0.717, 1.165) is 0 Å². The molecule has 0 aliphatic carbocycles. The number of carbonyl (C=O) groups is 2. The summed E-state index contributed by atoms with van der Waals surface area (Å²) in [6.07, 6.45) is 0.0543. The van der Waals surface area contributed by atoms with Crippen LogP contribution in [0.5, 0.6) is 0 Å². The summed E-state index contributed by atoms with van der Waals surface area (Å²) in [5.74, 6) is -0.693. The number of nitrogens with one attached hydrogen (secondary N) is 1. The molecule has 0 heterocycles. The number of anilines is 1. The minimum Gasteiger partial charge on any atom is -0.465 e. The molecular weight excluding hydrogens is 210 g/mol. The molecule has 0 atom stereocenters. The van der Waals surface area contributed by atoms with Crippen molar-refractivity contribution in [2.45, 2.75) is 6.42 Å². The molecule has 0 aliphatic rings. The van der Waals surface area contributed by atoms with Crippen LogP contribution in [0.1, 0.15) is 16.8 Å². The summed E-state index contributed by atoms with van der Waals surface area (Å²) >= 11 is 0. The van der Waals surface area contributed by atoms with Crippen LogP contribution in [-0.2, 0) is 9.53 Å². The molecule has 1 aromatic carbocycles. The molecule has 0 aromatic heterocycles. The van der Waals surface area contributed by atoms with Crippen molar-refractivity contribution in [3.8, 4) is 0 Å². The molecular formula is C11H13NO4. The molecule has 86 valence electrons. The Labute approximate surface area is 93.0 Å². The Kier molecular flexibility index (Phi) is 4.47. The van der Waals surface area contributed by atoms with E-state index in [0.29, 0.717) is 11.3 Å². The lowest BCUT2D eigenvalue weighted by Crippen LogP contribution is -2.12. The van der Waals surface area contributed by atoms with Gasteiger partial charge in [0.05, 0.1) is 25.7 Å². The Hall–Kier alpha value is -1.88. The first kappa shape index (κ1) is 12.2. The van der Waals surface area contributed by atoms with Crippen LogP contribution in [-0.4, -0.2) is 30.7 Å². The molecule has 5 nitrogen and oxygen atoms in total. The molecule has 5 heteroatoms. The molecule has 0 aliphatic heterocycles. The maximum absolute atomic E-state index is 11.1. The molecule has 0 saturated carbocycles. The number of hydrogen-bond acceptors (Lipinski definition) is 4. The van der Waals surface area contributed by atoms with Gasteiger partial charge < -0.3 is 15.2 Å². The zero-order valence-corrected chi connectivity index (χ0v) is 8.90. The van der Waals surface area contributed by atoms with E-state index in [1.807, 2.05) is 0 Å². The zero-order chi connectivity index (χ0) is 12.0. The largest absolute Gasteiger partial charge is 0.465 e. The molecule has 0 radical (unpaired) electrons. The van der Waals surface area contributed by atoms with Gasteiger partial charge in [-0.25, -0.2) is 4.79 Å². The molecule has 2 N–H and O–H groups in total. The number of esters is 1. The van der Waals surface area contributed by atoms with Gasteiger partial charge in [0.25, 0.3) is 0 Å². The van der Waals surface area contributed by atoms with Gasteiger partial charge in [-0.3, -0.25) is 4.79 Å². The number of aliphatic hydroxyl groups excluding tert-OH is 1. The first-order chi connectivity index (χ1) is 7.67. The van der Waals surface area contributed by atoms with Crippen molar-refractivity contribution in [3.63, 3.8) is 0 Å². The van der Waals surface area contributed by atoms with E-state index in [-0.39, 0.29) is 18.9 Å². The van der Waals surface area contributed by atoms with Gasteiger partial charge >= 0.3 is 5.97 Å². The lowest BCUT2D eigenvalue weighted by molar-refractivity contribution is -0.116. The molecule has 1 aromatic rings. The van der Waals surface area contributed by atoms with E-state index in [9.17, 15) is 9.59 Å². The van der Waals surface area contributed by atoms with Crippen LogP contribution in [0.4, 0.5) is 5.69 Å². The molecule has 0 saturated heterocycles. The number of ether oxygens (including phenoxy) is 1. The standard InChI is InChI=1S/C11H13NO4/c1-16-11(15)8-2-4-9(5-3-8)12-10(14)6-7-13/h2-5,13H,6-7H2,1H3,(H,12,14). The van der Waals surface area contributed by atoms with Crippen molar-refractivity contribution in [2.24, 2.45) is 0 Å². The highest BCUT2D eigenvalue weighted by atomic mass is 16.5. The number of carbonyl (C=O) groups excluding carboxylic acids is 2. The van der Waals surface area contributed by atoms with Crippen LogP contribution in [0.3, 0.4) is 0 Å². The Balaban J connectivity index is 2.64. The lowest BCUT2D eigenvalue weighted by Gasteiger charge is -2.04. The van der Waals surface area contributed by atoms with E-state index in [4.69, 9.17) is 5.11 Å². The third-order valence-electron chi connectivity index (χ3n) is 1.93. The fourth-order valence-electron chi connectivity index (χ4n) is 1.13. The summed E-state index contributed by atoms with van der Waals surface area (Å²) < 4.78 is 4.54. The van der Waals surface area contributed by atoms with E-state index in [1.165, 1.54) is 7.11 Å². The Morgan fingerprint density at radius 2 is 1.94 bits per heavy atom. The topological polar surface area (TPSA) is 75.6 Å². The van der Waals surface area contributed by atoms with Gasteiger partial charge in [0.1, 0.15) is 0 Å². The summed E-state index contributed by atoms with van der Waals surface area (Å²) in [4.78, 5) is 22.2. The number of amides is 1. The smallest absolute Gasteiger partial charge is 0.337 e. The summed E-state index contributed by atoms with van der Waals surface area (Å²) in [5, 5.41) is 11.1. The number of aliphatic hydroxyl groups is 1. The summed E-state index contributed by atoms with van der Waals surface area (Å²) in [7, 11) is 1.30. The van der Waals surface area contributed by atoms with Crippen LogP contribution in [0.15, 0.2) is 24.3 Å². The first-order valence-corrected chi connectivity index (χ1v) is 4.76. The first-order valence-electron chi connectivity index (χ1n) is 4.76. The van der Waals surface area contributed by atoms with Gasteiger partial charge in [-0.2, -0.15) is 0 Å². The maximum atomic E-state index is 11.1. The number of methoxy groups -OCH3 is 1. The van der Waals surface area contributed by atoms with Crippen LogP contribution in [0, 0.1) is 0 Å². The minimum atomic E-state index is -0.423. The van der Waals surface area contributed by atoms with Crippen molar-refractivity contribution in [3.05, 3.63) is 29.8 Å². The Morgan fingerprint density at radius 3 is 2.44 bits per heavy atom. The maximum Gasteiger partial charge on any atom is 0.337 e. The fourth-order valence-corrected chi connectivity index (χ4v) is 1.13. The SMILES string of the molecule is COC(=O)c1ccc(NC(=O)CCO)cc1. The van der Waals surface area contributed by atoms with E-state index >= 15 is 0 Å². The average molecular weight is 223 g/mol. The number of hydrogen-bond donors (Lipinski definition) is 2. The van der Waals surface area contributed by atoms with Gasteiger partial charge in [0.2, 0.25) is 5.91 Å². The highest BCUT2D eigenvalue weighted by molar-refractivity contribution is 5.93. The molecule has 0 spiro atoms. The predicted octanol–water partition coefficient (Wildman–Crippen LogP) is 0.794. The normalized spacial score (nSPS) is 9.62. The Morgan fingerprint density at radius 1 is 1.31 bits per heavy atom. The van der Waals surface area contributed by atoms with Gasteiger partial charge in [-0.15, -0.1) is 0 Å². The second-order valence-corrected chi connectivity index (χ2v) is 3.09. The second kappa shape index (κ2) is 5.87. The van der Waals surface area contributed by atoms with Crippen LogP contribution >= 0.6 is 0 Å². The third-order valence-corrected chi connectivity index (χ3v) is 1.93. The molecule has 0 unspecified atom stereocenters. The van der Waals surface area contributed by atoms with Gasteiger partial charge in [-0.1, -0.05) is 0 Å². The van der Waals surface area contributed by atoms with E-state index < -0.39 is 5.97 Å². The zero-order valence-electron chi connectivity index (χ0n) is 8.90. The average Bonchev–Trinajstić information content (AvgIpc) is 2.29. The van der Waals surface area contributed by atoms with Crippen molar-refractivity contribution in [2.75, 3.05) is 19.0 Å². The third kappa shape index (κ3) is 3.36. The van der Waals surface area contributed by atoms with Crippen molar-refractivity contribution >= 4 is 17.6 Å². The summed E-state index contributed by atoms with van der Waals surface area (Å²) in [6.45, 7) is -0.188.